The Hall–Kier alpha value is -1.80. The van der Waals surface area contributed by atoms with Gasteiger partial charge in [0.05, 0.1) is 0 Å². The van der Waals surface area contributed by atoms with Crippen molar-refractivity contribution in [3.8, 4) is 0 Å². The molecule has 0 amide bonds. The van der Waals surface area contributed by atoms with E-state index in [1.807, 2.05) is 0 Å². The molecule has 2 saturated carbocycles. The summed E-state index contributed by atoms with van der Waals surface area (Å²) < 4.78 is 28.2. The lowest BCUT2D eigenvalue weighted by atomic mass is 10.1. The number of hydrogen-bond acceptors (Lipinski definition) is 6. The van der Waals surface area contributed by atoms with Crippen molar-refractivity contribution in [3.63, 3.8) is 0 Å². The standard InChI is InChI=1S/C17H22N4O3S/c1-17(2)13(11-7-8-12(19-9-11)25(18,22)23)14(17)15-20-16(24-21-15)10-5-3-4-6-10/h7-10,13-14H,3-6H2,1-2H3,(H2,18,22,23). The summed E-state index contributed by atoms with van der Waals surface area (Å²) in [6, 6.07) is 3.23. The molecule has 2 aliphatic carbocycles. The van der Waals surface area contributed by atoms with E-state index in [1.54, 1.807) is 12.3 Å². The molecule has 2 fully saturated rings. The van der Waals surface area contributed by atoms with Crippen molar-refractivity contribution in [1.29, 1.82) is 0 Å². The Bertz CT molecular complexity index is 883. The second-order valence-electron chi connectivity index (χ2n) is 7.72. The number of nitrogens with zero attached hydrogens (tertiary/aromatic N) is 3. The molecule has 7 nitrogen and oxygen atoms in total. The van der Waals surface area contributed by atoms with E-state index in [2.05, 4.69) is 29.0 Å². The molecular weight excluding hydrogens is 340 g/mol. The third-order valence-corrected chi connectivity index (χ3v) is 6.50. The fourth-order valence-electron chi connectivity index (χ4n) is 4.20. The van der Waals surface area contributed by atoms with Crippen LogP contribution < -0.4 is 5.14 Å². The van der Waals surface area contributed by atoms with E-state index in [0.717, 1.165) is 30.1 Å². The Morgan fingerprint density at radius 2 is 1.92 bits per heavy atom. The summed E-state index contributed by atoms with van der Waals surface area (Å²) >= 11 is 0. The van der Waals surface area contributed by atoms with E-state index in [9.17, 15) is 8.42 Å². The molecule has 2 atom stereocenters. The highest BCUT2D eigenvalue weighted by molar-refractivity contribution is 7.89. The summed E-state index contributed by atoms with van der Waals surface area (Å²) in [4.78, 5) is 8.66. The summed E-state index contributed by atoms with van der Waals surface area (Å²) in [5.41, 5.74) is 0.941. The van der Waals surface area contributed by atoms with Crippen LogP contribution >= 0.6 is 0 Å². The molecule has 2 heterocycles. The fourth-order valence-corrected chi connectivity index (χ4v) is 4.66. The molecule has 0 radical (unpaired) electrons. The first-order chi connectivity index (χ1) is 11.8. The van der Waals surface area contributed by atoms with Crippen molar-refractivity contribution < 1.29 is 12.9 Å². The maximum absolute atomic E-state index is 11.4. The van der Waals surface area contributed by atoms with Gasteiger partial charge in [0.1, 0.15) is 0 Å². The zero-order valence-corrected chi connectivity index (χ0v) is 15.2. The van der Waals surface area contributed by atoms with E-state index >= 15 is 0 Å². The monoisotopic (exact) mass is 362 g/mol. The molecule has 2 N–H and O–H groups in total. The van der Waals surface area contributed by atoms with Gasteiger partial charge in [0.2, 0.25) is 5.89 Å². The Labute approximate surface area is 147 Å². The lowest BCUT2D eigenvalue weighted by Crippen LogP contribution is -2.13. The van der Waals surface area contributed by atoms with E-state index in [-0.39, 0.29) is 22.3 Å². The van der Waals surface area contributed by atoms with Gasteiger partial charge in [-0.25, -0.2) is 18.5 Å². The maximum atomic E-state index is 11.4. The molecule has 4 rings (SSSR count). The first-order valence-corrected chi connectivity index (χ1v) is 10.2. The highest BCUT2D eigenvalue weighted by Gasteiger charge is 2.61. The summed E-state index contributed by atoms with van der Waals surface area (Å²) in [6.45, 7) is 4.31. The molecule has 8 heteroatoms. The summed E-state index contributed by atoms with van der Waals surface area (Å²) in [6.07, 6.45) is 6.28. The average Bonchev–Trinajstić information content (AvgIpc) is 3.03. The van der Waals surface area contributed by atoms with Crippen LogP contribution in [0.1, 0.15) is 74.6 Å². The van der Waals surface area contributed by atoms with Crippen molar-refractivity contribution in [2.45, 2.75) is 62.3 Å². The lowest BCUT2D eigenvalue weighted by molar-refractivity contribution is 0.349. The third kappa shape index (κ3) is 2.87. The summed E-state index contributed by atoms with van der Waals surface area (Å²) in [5, 5.41) is 9.22. The second-order valence-corrected chi connectivity index (χ2v) is 9.23. The van der Waals surface area contributed by atoms with Crippen LogP contribution in [0.15, 0.2) is 27.9 Å². The van der Waals surface area contributed by atoms with Crippen LogP contribution in [0, 0.1) is 5.41 Å². The number of hydrogen-bond donors (Lipinski definition) is 1. The lowest BCUT2D eigenvalue weighted by Gasteiger charge is -2.03. The molecule has 134 valence electrons. The number of aromatic nitrogens is 3. The van der Waals surface area contributed by atoms with Gasteiger partial charge in [0.15, 0.2) is 10.9 Å². The quantitative estimate of drug-likeness (QED) is 0.895. The van der Waals surface area contributed by atoms with Gasteiger partial charge in [-0.05, 0) is 29.9 Å². The van der Waals surface area contributed by atoms with Crippen molar-refractivity contribution in [3.05, 3.63) is 35.6 Å². The molecule has 25 heavy (non-hydrogen) atoms. The summed E-state index contributed by atoms with van der Waals surface area (Å²) in [5.74, 6) is 2.23. The number of sulfonamides is 1. The largest absolute Gasteiger partial charge is 0.339 e. The van der Waals surface area contributed by atoms with Crippen LogP contribution in [0.4, 0.5) is 0 Å². The topological polar surface area (TPSA) is 112 Å². The van der Waals surface area contributed by atoms with Crippen LogP contribution in [-0.4, -0.2) is 23.5 Å². The number of nitrogens with two attached hydrogens (primary N) is 1. The van der Waals surface area contributed by atoms with Gasteiger partial charge in [-0.3, -0.25) is 0 Å². The first-order valence-electron chi connectivity index (χ1n) is 8.61. The molecule has 2 aromatic heterocycles. The number of pyridine rings is 1. The van der Waals surface area contributed by atoms with Crippen LogP contribution in [-0.2, 0) is 10.0 Å². The van der Waals surface area contributed by atoms with E-state index in [1.165, 1.54) is 18.9 Å². The van der Waals surface area contributed by atoms with Crippen molar-refractivity contribution >= 4 is 10.0 Å². The zero-order valence-electron chi connectivity index (χ0n) is 14.3. The molecule has 0 aromatic carbocycles. The minimum atomic E-state index is -3.78. The normalized spacial score (nSPS) is 26.0. The molecule has 2 aliphatic rings. The van der Waals surface area contributed by atoms with Crippen LogP contribution in [0.2, 0.25) is 0 Å². The predicted molar refractivity (Wildman–Crippen MR) is 90.4 cm³/mol. The second kappa shape index (κ2) is 5.60. The Kier molecular flexibility index (Phi) is 3.73. The van der Waals surface area contributed by atoms with Crippen LogP contribution in [0.5, 0.6) is 0 Å². The van der Waals surface area contributed by atoms with Crippen LogP contribution in [0.3, 0.4) is 0 Å². The first kappa shape index (κ1) is 16.7. The van der Waals surface area contributed by atoms with Gasteiger partial charge in [0, 0.05) is 24.0 Å². The van der Waals surface area contributed by atoms with Gasteiger partial charge in [0.25, 0.3) is 10.0 Å². The van der Waals surface area contributed by atoms with Gasteiger partial charge >= 0.3 is 0 Å². The molecule has 0 saturated heterocycles. The zero-order chi connectivity index (χ0) is 17.8. The fraction of sp³-hybridized carbons (Fsp3) is 0.588. The minimum absolute atomic E-state index is 0.0262. The number of primary sulfonamides is 1. The van der Waals surface area contributed by atoms with Crippen molar-refractivity contribution in [1.82, 2.24) is 15.1 Å². The van der Waals surface area contributed by atoms with Crippen molar-refractivity contribution in [2.75, 3.05) is 0 Å². The molecule has 2 unspecified atom stereocenters. The van der Waals surface area contributed by atoms with E-state index in [0.29, 0.717) is 5.92 Å². The van der Waals surface area contributed by atoms with Gasteiger partial charge in [-0.15, -0.1) is 0 Å². The minimum Gasteiger partial charge on any atom is -0.339 e. The Morgan fingerprint density at radius 1 is 1.20 bits per heavy atom. The Morgan fingerprint density at radius 3 is 2.52 bits per heavy atom. The van der Waals surface area contributed by atoms with E-state index in [4.69, 9.17) is 9.66 Å². The number of rotatable bonds is 4. The molecular formula is C17H22N4O3S. The van der Waals surface area contributed by atoms with Gasteiger partial charge in [-0.2, -0.15) is 4.98 Å². The third-order valence-electron chi connectivity index (χ3n) is 5.68. The Balaban J connectivity index is 1.57. The molecule has 0 spiro atoms. The van der Waals surface area contributed by atoms with Gasteiger partial charge in [-0.1, -0.05) is 37.9 Å². The average molecular weight is 362 g/mol. The SMILES string of the molecule is CC1(C)C(c2ccc(S(N)(=O)=O)nc2)C1c1noc(C2CCCC2)n1. The van der Waals surface area contributed by atoms with Crippen LogP contribution in [0.25, 0.3) is 0 Å². The van der Waals surface area contributed by atoms with E-state index < -0.39 is 10.0 Å². The molecule has 2 aromatic rings. The van der Waals surface area contributed by atoms with Crippen molar-refractivity contribution in [2.24, 2.45) is 10.6 Å². The predicted octanol–water partition coefficient (Wildman–Crippen LogP) is 2.68. The van der Waals surface area contributed by atoms with Gasteiger partial charge < -0.3 is 4.52 Å². The summed E-state index contributed by atoms with van der Waals surface area (Å²) in [7, 11) is -3.78. The highest BCUT2D eigenvalue weighted by atomic mass is 32.2. The maximum Gasteiger partial charge on any atom is 0.255 e. The highest BCUT2D eigenvalue weighted by Crippen LogP contribution is 2.69. The molecule has 0 aliphatic heterocycles. The smallest absolute Gasteiger partial charge is 0.255 e. The molecule has 0 bridgehead atoms.